The molecule has 1 aliphatic carbocycles. The van der Waals surface area contributed by atoms with Crippen molar-refractivity contribution in [3.05, 3.63) is 35.0 Å². The second kappa shape index (κ2) is 7.13. The summed E-state index contributed by atoms with van der Waals surface area (Å²) in [5.74, 6) is 2.03. The fourth-order valence-corrected chi connectivity index (χ4v) is 5.64. The van der Waals surface area contributed by atoms with Gasteiger partial charge in [0.15, 0.2) is 5.82 Å². The second-order valence-electron chi connectivity index (χ2n) is 7.53. The van der Waals surface area contributed by atoms with Gasteiger partial charge in [0.25, 0.3) is 0 Å². The zero-order valence-corrected chi connectivity index (χ0v) is 16.8. The van der Waals surface area contributed by atoms with Gasteiger partial charge in [-0.1, -0.05) is 0 Å². The van der Waals surface area contributed by atoms with Crippen LogP contribution in [0, 0.1) is 5.92 Å². The van der Waals surface area contributed by atoms with Crippen LogP contribution in [0.2, 0.25) is 0 Å². The topological polar surface area (TPSA) is 71.0 Å². The quantitative estimate of drug-likeness (QED) is 0.740. The van der Waals surface area contributed by atoms with Gasteiger partial charge in [-0.25, -0.2) is 9.97 Å². The summed E-state index contributed by atoms with van der Waals surface area (Å²) in [5, 5.41) is 4.03. The van der Waals surface area contributed by atoms with Crippen LogP contribution >= 0.6 is 11.3 Å². The Labute approximate surface area is 168 Å². The molecule has 144 valence electrons. The lowest BCUT2D eigenvalue weighted by atomic mass is 9.95. The monoisotopic (exact) mass is 393 g/mol. The summed E-state index contributed by atoms with van der Waals surface area (Å²) in [6, 6.07) is 3.93. The molecule has 0 saturated carbocycles. The van der Waals surface area contributed by atoms with Crippen molar-refractivity contribution in [1.29, 1.82) is 0 Å². The van der Waals surface area contributed by atoms with E-state index in [2.05, 4.69) is 15.2 Å². The molecule has 6 nitrogen and oxygen atoms in total. The Morgan fingerprint density at radius 2 is 2.11 bits per heavy atom. The third kappa shape index (κ3) is 2.94. The second-order valence-corrected chi connectivity index (χ2v) is 8.61. The first kappa shape index (κ1) is 17.6. The van der Waals surface area contributed by atoms with Gasteiger partial charge in [0.05, 0.1) is 5.39 Å². The third-order valence-electron chi connectivity index (χ3n) is 5.88. The number of aromatic nitrogens is 3. The van der Waals surface area contributed by atoms with Gasteiger partial charge in [-0.3, -0.25) is 9.78 Å². The highest BCUT2D eigenvalue weighted by atomic mass is 32.1. The maximum absolute atomic E-state index is 12.0. The SMILES string of the molecule is CNC(=O)C1CCN(c2nc(-c3cccnc3)nc3sc4c(c23)CCC4)CC1. The van der Waals surface area contributed by atoms with Crippen LogP contribution in [0.25, 0.3) is 21.6 Å². The van der Waals surface area contributed by atoms with Crippen molar-refractivity contribution in [3.8, 4) is 11.4 Å². The van der Waals surface area contributed by atoms with Gasteiger partial charge in [0.1, 0.15) is 10.6 Å². The van der Waals surface area contributed by atoms with Crippen LogP contribution in [0.1, 0.15) is 29.7 Å². The van der Waals surface area contributed by atoms with Gasteiger partial charge >= 0.3 is 0 Å². The number of aryl methyl sites for hydroxylation is 2. The molecule has 2 aliphatic rings. The van der Waals surface area contributed by atoms with Gasteiger partial charge in [-0.2, -0.15) is 0 Å². The molecular formula is C21H23N5OS. The van der Waals surface area contributed by atoms with Gasteiger partial charge in [-0.05, 0) is 49.8 Å². The van der Waals surface area contributed by atoms with Crippen LogP contribution in [0.15, 0.2) is 24.5 Å². The van der Waals surface area contributed by atoms with E-state index in [4.69, 9.17) is 9.97 Å². The van der Waals surface area contributed by atoms with E-state index in [-0.39, 0.29) is 11.8 Å². The number of anilines is 1. The standard InChI is InChI=1S/C21H23N5OS/c1-22-20(27)13-7-10-26(11-8-13)19-17-15-5-2-6-16(15)28-21(17)25-18(24-19)14-4-3-9-23-12-14/h3-4,9,12-13H,2,5-8,10-11H2,1H3,(H,22,27). The van der Waals surface area contributed by atoms with Crippen molar-refractivity contribution in [1.82, 2.24) is 20.3 Å². The predicted octanol–water partition coefficient (Wildman–Crippen LogP) is 3.20. The molecule has 0 aromatic carbocycles. The first-order valence-corrected chi connectivity index (χ1v) is 10.8. The number of piperidine rings is 1. The molecule has 4 heterocycles. The number of carbonyl (C=O) groups excluding carboxylic acids is 1. The van der Waals surface area contributed by atoms with Crippen molar-refractivity contribution < 1.29 is 4.79 Å². The fraction of sp³-hybridized carbons (Fsp3) is 0.429. The lowest BCUT2D eigenvalue weighted by molar-refractivity contribution is -0.125. The first-order valence-electron chi connectivity index (χ1n) is 9.94. The molecular weight excluding hydrogens is 370 g/mol. The smallest absolute Gasteiger partial charge is 0.222 e. The molecule has 1 fully saturated rings. The summed E-state index contributed by atoms with van der Waals surface area (Å²) >= 11 is 1.82. The first-order chi connectivity index (χ1) is 13.7. The van der Waals surface area contributed by atoms with Crippen molar-refractivity contribution in [2.75, 3.05) is 25.0 Å². The van der Waals surface area contributed by atoms with E-state index in [1.54, 1.807) is 13.2 Å². The lowest BCUT2D eigenvalue weighted by Gasteiger charge is -2.32. The number of fused-ring (bicyclic) bond motifs is 3. The number of hydrogen-bond donors (Lipinski definition) is 1. The number of thiophene rings is 1. The minimum Gasteiger partial charge on any atom is -0.359 e. The van der Waals surface area contributed by atoms with Crippen molar-refractivity contribution in [3.63, 3.8) is 0 Å². The molecule has 0 radical (unpaired) electrons. The summed E-state index contributed by atoms with van der Waals surface area (Å²) in [5.41, 5.74) is 2.39. The Balaban J connectivity index is 1.58. The van der Waals surface area contributed by atoms with E-state index < -0.39 is 0 Å². The molecule has 1 N–H and O–H groups in total. The Morgan fingerprint density at radius 1 is 1.25 bits per heavy atom. The van der Waals surface area contributed by atoms with Crippen LogP contribution in [0.4, 0.5) is 5.82 Å². The highest BCUT2D eigenvalue weighted by Crippen LogP contribution is 2.42. The fourth-order valence-electron chi connectivity index (χ4n) is 4.39. The highest BCUT2D eigenvalue weighted by molar-refractivity contribution is 7.19. The molecule has 0 bridgehead atoms. The summed E-state index contributed by atoms with van der Waals surface area (Å²) < 4.78 is 0. The number of rotatable bonds is 3. The molecule has 0 atom stereocenters. The van der Waals surface area contributed by atoms with E-state index >= 15 is 0 Å². The van der Waals surface area contributed by atoms with Gasteiger partial charge in [-0.15, -0.1) is 11.3 Å². The Kier molecular flexibility index (Phi) is 4.47. The molecule has 1 amide bonds. The number of pyridine rings is 1. The Morgan fingerprint density at radius 3 is 2.86 bits per heavy atom. The molecule has 5 rings (SSSR count). The molecule has 0 unspecified atom stereocenters. The lowest BCUT2D eigenvalue weighted by Crippen LogP contribution is -2.40. The van der Waals surface area contributed by atoms with E-state index in [1.807, 2.05) is 29.7 Å². The molecule has 7 heteroatoms. The zero-order valence-electron chi connectivity index (χ0n) is 15.9. The zero-order chi connectivity index (χ0) is 19.1. The van der Waals surface area contributed by atoms with Crippen molar-refractivity contribution >= 4 is 33.3 Å². The van der Waals surface area contributed by atoms with Gasteiger partial charge in [0.2, 0.25) is 5.91 Å². The van der Waals surface area contributed by atoms with Crippen LogP contribution in [-0.4, -0.2) is 41.0 Å². The number of carbonyl (C=O) groups is 1. The number of hydrogen-bond acceptors (Lipinski definition) is 6. The van der Waals surface area contributed by atoms with Gasteiger partial charge < -0.3 is 10.2 Å². The third-order valence-corrected chi connectivity index (χ3v) is 7.06. The normalized spacial score (nSPS) is 17.1. The van der Waals surface area contributed by atoms with Crippen LogP contribution in [-0.2, 0) is 17.6 Å². The van der Waals surface area contributed by atoms with E-state index in [9.17, 15) is 4.79 Å². The number of nitrogens with zero attached hydrogens (tertiary/aromatic N) is 4. The molecule has 28 heavy (non-hydrogen) atoms. The van der Waals surface area contributed by atoms with Crippen LogP contribution < -0.4 is 10.2 Å². The maximum Gasteiger partial charge on any atom is 0.222 e. The molecule has 1 saturated heterocycles. The summed E-state index contributed by atoms with van der Waals surface area (Å²) in [4.78, 5) is 31.1. The van der Waals surface area contributed by atoms with Crippen molar-refractivity contribution in [2.24, 2.45) is 5.92 Å². The number of nitrogens with one attached hydrogen (secondary N) is 1. The predicted molar refractivity (Wildman–Crippen MR) is 112 cm³/mol. The van der Waals surface area contributed by atoms with Crippen LogP contribution in [0.5, 0.6) is 0 Å². The number of amides is 1. The highest BCUT2D eigenvalue weighted by Gasteiger charge is 2.29. The van der Waals surface area contributed by atoms with E-state index in [0.29, 0.717) is 0 Å². The van der Waals surface area contributed by atoms with Gasteiger partial charge in [0, 0.05) is 48.9 Å². The minimum atomic E-state index is 0.101. The average molecular weight is 394 g/mol. The molecule has 3 aromatic rings. The van der Waals surface area contributed by atoms with E-state index in [0.717, 1.165) is 60.8 Å². The van der Waals surface area contributed by atoms with E-state index in [1.165, 1.54) is 22.2 Å². The van der Waals surface area contributed by atoms with Crippen LogP contribution in [0.3, 0.4) is 0 Å². The summed E-state index contributed by atoms with van der Waals surface area (Å²) in [6.45, 7) is 1.70. The molecule has 3 aromatic heterocycles. The largest absolute Gasteiger partial charge is 0.359 e. The molecule has 0 spiro atoms. The van der Waals surface area contributed by atoms with Crippen molar-refractivity contribution in [2.45, 2.75) is 32.1 Å². The average Bonchev–Trinajstić information content (AvgIpc) is 3.34. The Bertz CT molecular complexity index is 1020. The summed E-state index contributed by atoms with van der Waals surface area (Å²) in [7, 11) is 1.72. The minimum absolute atomic E-state index is 0.101. The molecule has 1 aliphatic heterocycles. The summed E-state index contributed by atoms with van der Waals surface area (Å²) in [6.07, 6.45) is 8.80. The Hall–Kier alpha value is -2.54. The maximum atomic E-state index is 12.0.